The van der Waals surface area contributed by atoms with Crippen LogP contribution in [0.5, 0.6) is 0 Å². The molecule has 7 heteroatoms. The van der Waals surface area contributed by atoms with Gasteiger partial charge in [-0.25, -0.2) is 4.79 Å². The molecule has 0 aliphatic heterocycles. The van der Waals surface area contributed by atoms with Gasteiger partial charge in [0.2, 0.25) is 5.13 Å². The lowest BCUT2D eigenvalue weighted by atomic mass is 10.2. The third kappa shape index (κ3) is 2.85. The quantitative estimate of drug-likeness (QED) is 0.940. The van der Waals surface area contributed by atoms with Crippen LogP contribution in [0.4, 0.5) is 5.13 Å². The summed E-state index contributed by atoms with van der Waals surface area (Å²) in [7, 11) is 1.68. The summed E-state index contributed by atoms with van der Waals surface area (Å²) in [6.07, 6.45) is 0. The van der Waals surface area contributed by atoms with Crippen LogP contribution in [-0.4, -0.2) is 34.4 Å². The molecule has 1 unspecified atom stereocenters. The van der Waals surface area contributed by atoms with Crippen molar-refractivity contribution in [2.24, 2.45) is 0 Å². The fourth-order valence-electron chi connectivity index (χ4n) is 1.43. The summed E-state index contributed by atoms with van der Waals surface area (Å²) in [6, 6.07) is 6.68. The lowest BCUT2D eigenvalue weighted by molar-refractivity contribution is -0.138. The Morgan fingerprint density at radius 3 is 2.74 bits per heavy atom. The molecule has 0 bridgehead atoms. The number of carboxylic acid groups (broad SMARTS) is 1. The van der Waals surface area contributed by atoms with Gasteiger partial charge in [0.15, 0.2) is 5.01 Å². The molecule has 1 heterocycles. The van der Waals surface area contributed by atoms with Gasteiger partial charge in [0, 0.05) is 12.6 Å². The average Bonchev–Trinajstić information content (AvgIpc) is 2.86. The van der Waals surface area contributed by atoms with E-state index in [1.165, 1.54) is 11.3 Å². The molecular weight excluding hydrogens is 286 g/mol. The predicted molar refractivity (Wildman–Crippen MR) is 75.9 cm³/mol. The summed E-state index contributed by atoms with van der Waals surface area (Å²) in [6.45, 7) is 1.60. The first kappa shape index (κ1) is 13.8. The van der Waals surface area contributed by atoms with Gasteiger partial charge in [-0.1, -0.05) is 41.1 Å². The van der Waals surface area contributed by atoms with Crippen molar-refractivity contribution < 1.29 is 9.90 Å². The van der Waals surface area contributed by atoms with E-state index in [-0.39, 0.29) is 0 Å². The van der Waals surface area contributed by atoms with E-state index in [0.717, 1.165) is 5.56 Å². The van der Waals surface area contributed by atoms with Gasteiger partial charge in [-0.15, -0.1) is 10.2 Å². The summed E-state index contributed by atoms with van der Waals surface area (Å²) in [5, 5.41) is 18.9. The van der Waals surface area contributed by atoms with E-state index in [2.05, 4.69) is 10.2 Å². The van der Waals surface area contributed by atoms with Gasteiger partial charge in [-0.05, 0) is 13.0 Å². The number of aliphatic carboxylic acids is 1. The minimum absolute atomic E-state index is 0.546. The summed E-state index contributed by atoms with van der Waals surface area (Å²) in [4.78, 5) is 12.5. The summed E-state index contributed by atoms with van der Waals surface area (Å²) >= 11 is 7.40. The topological polar surface area (TPSA) is 66.3 Å². The van der Waals surface area contributed by atoms with Crippen molar-refractivity contribution in [2.45, 2.75) is 13.0 Å². The van der Waals surface area contributed by atoms with Crippen LogP contribution in [0, 0.1) is 0 Å². The molecule has 0 aliphatic rings. The molecule has 0 saturated heterocycles. The minimum Gasteiger partial charge on any atom is -0.480 e. The molecule has 2 aromatic rings. The van der Waals surface area contributed by atoms with Crippen molar-refractivity contribution in [3.8, 4) is 10.6 Å². The highest BCUT2D eigenvalue weighted by molar-refractivity contribution is 7.18. The highest BCUT2D eigenvalue weighted by atomic mass is 35.5. The van der Waals surface area contributed by atoms with Crippen molar-refractivity contribution in [3.63, 3.8) is 0 Å². The highest BCUT2D eigenvalue weighted by Gasteiger charge is 2.21. The zero-order valence-electron chi connectivity index (χ0n) is 10.4. The zero-order valence-corrected chi connectivity index (χ0v) is 11.9. The normalized spacial score (nSPS) is 12.2. The van der Waals surface area contributed by atoms with Crippen LogP contribution in [0.2, 0.25) is 5.02 Å². The van der Waals surface area contributed by atoms with Crippen molar-refractivity contribution >= 4 is 34.0 Å². The number of hydrogen-bond donors (Lipinski definition) is 1. The molecule has 1 aromatic heterocycles. The van der Waals surface area contributed by atoms with Gasteiger partial charge in [0.1, 0.15) is 6.04 Å². The van der Waals surface area contributed by atoms with Crippen LogP contribution in [0.15, 0.2) is 24.3 Å². The second-order valence-electron chi connectivity index (χ2n) is 3.99. The summed E-state index contributed by atoms with van der Waals surface area (Å²) in [5.41, 5.74) is 0.796. The van der Waals surface area contributed by atoms with Crippen LogP contribution >= 0.6 is 22.9 Å². The Bertz CT molecular complexity index is 602. The van der Waals surface area contributed by atoms with Crippen LogP contribution in [0.1, 0.15) is 6.92 Å². The minimum atomic E-state index is -0.906. The number of benzene rings is 1. The molecule has 19 heavy (non-hydrogen) atoms. The predicted octanol–water partition coefficient (Wildman–Crippen LogP) is 2.77. The molecule has 0 spiro atoms. The molecule has 0 amide bonds. The van der Waals surface area contributed by atoms with Crippen LogP contribution in [0.25, 0.3) is 10.6 Å². The van der Waals surface area contributed by atoms with E-state index in [1.54, 1.807) is 24.9 Å². The van der Waals surface area contributed by atoms with Crippen molar-refractivity contribution in [1.82, 2.24) is 10.2 Å². The molecule has 2 rings (SSSR count). The first-order valence-electron chi connectivity index (χ1n) is 5.54. The number of nitrogens with zero attached hydrogens (tertiary/aromatic N) is 3. The highest BCUT2D eigenvalue weighted by Crippen LogP contribution is 2.33. The first-order valence-corrected chi connectivity index (χ1v) is 6.74. The monoisotopic (exact) mass is 297 g/mol. The van der Waals surface area contributed by atoms with Crippen LogP contribution in [0.3, 0.4) is 0 Å². The van der Waals surface area contributed by atoms with Gasteiger partial charge < -0.3 is 10.0 Å². The number of carboxylic acids is 1. The fourth-order valence-corrected chi connectivity index (χ4v) is 2.64. The van der Waals surface area contributed by atoms with E-state index < -0.39 is 12.0 Å². The fraction of sp³-hybridized carbons (Fsp3) is 0.250. The molecule has 100 valence electrons. The maximum atomic E-state index is 10.9. The lowest BCUT2D eigenvalue weighted by Crippen LogP contribution is -2.35. The third-order valence-corrected chi connectivity index (χ3v) is 4.14. The number of hydrogen-bond acceptors (Lipinski definition) is 5. The van der Waals surface area contributed by atoms with Gasteiger partial charge in [0.25, 0.3) is 0 Å². The molecule has 1 N–H and O–H groups in total. The Hall–Kier alpha value is -1.66. The lowest BCUT2D eigenvalue weighted by Gasteiger charge is -2.19. The number of aromatic nitrogens is 2. The molecule has 1 aromatic carbocycles. The number of carbonyl (C=O) groups is 1. The standard InChI is InChI=1S/C12H12ClN3O2S/c1-7(11(17)18)16(2)12-15-14-10(19-12)8-5-3-4-6-9(8)13/h3-7H,1-2H3,(H,17,18). The van der Waals surface area contributed by atoms with Gasteiger partial charge in [-0.2, -0.15) is 0 Å². The molecular formula is C12H12ClN3O2S. The molecule has 0 saturated carbocycles. The van der Waals surface area contributed by atoms with Crippen molar-refractivity contribution in [3.05, 3.63) is 29.3 Å². The first-order chi connectivity index (χ1) is 9.00. The Labute approximate surface area is 119 Å². The molecule has 1 atom stereocenters. The Kier molecular flexibility index (Phi) is 4.01. The van der Waals surface area contributed by atoms with E-state index in [1.807, 2.05) is 18.2 Å². The number of anilines is 1. The second kappa shape index (κ2) is 5.54. The molecule has 0 radical (unpaired) electrons. The maximum Gasteiger partial charge on any atom is 0.326 e. The van der Waals surface area contributed by atoms with E-state index in [4.69, 9.17) is 16.7 Å². The number of likely N-dealkylation sites (N-methyl/N-ethyl adjacent to an activating group) is 1. The average molecular weight is 298 g/mol. The summed E-state index contributed by atoms with van der Waals surface area (Å²) in [5.74, 6) is -0.906. The zero-order chi connectivity index (χ0) is 14.0. The van der Waals surface area contributed by atoms with Crippen LogP contribution in [-0.2, 0) is 4.79 Å². The second-order valence-corrected chi connectivity index (χ2v) is 5.36. The maximum absolute atomic E-state index is 10.9. The SMILES string of the molecule is CC(C(=O)O)N(C)c1nnc(-c2ccccc2Cl)s1. The molecule has 0 fully saturated rings. The van der Waals surface area contributed by atoms with Crippen LogP contribution < -0.4 is 4.90 Å². The third-order valence-electron chi connectivity index (χ3n) is 2.76. The number of rotatable bonds is 4. The summed E-state index contributed by atoms with van der Waals surface area (Å²) < 4.78 is 0. The molecule has 0 aliphatic carbocycles. The Balaban J connectivity index is 2.29. The Morgan fingerprint density at radius 1 is 1.42 bits per heavy atom. The van der Waals surface area contributed by atoms with Gasteiger partial charge in [0.05, 0.1) is 5.02 Å². The van der Waals surface area contributed by atoms with Gasteiger partial charge in [-0.3, -0.25) is 0 Å². The van der Waals surface area contributed by atoms with E-state index >= 15 is 0 Å². The van der Waals surface area contributed by atoms with E-state index in [0.29, 0.717) is 15.2 Å². The Morgan fingerprint density at radius 2 is 2.11 bits per heavy atom. The van der Waals surface area contributed by atoms with Gasteiger partial charge >= 0.3 is 5.97 Å². The van der Waals surface area contributed by atoms with Crippen molar-refractivity contribution in [2.75, 3.05) is 11.9 Å². The smallest absolute Gasteiger partial charge is 0.326 e. The van der Waals surface area contributed by atoms with Crippen molar-refractivity contribution in [1.29, 1.82) is 0 Å². The van der Waals surface area contributed by atoms with E-state index in [9.17, 15) is 4.79 Å². The largest absolute Gasteiger partial charge is 0.480 e. The number of halogens is 1. The molecule has 5 nitrogen and oxygen atoms in total.